The van der Waals surface area contributed by atoms with Crippen molar-refractivity contribution >= 4 is 33.1 Å². The van der Waals surface area contributed by atoms with E-state index in [1.54, 1.807) is 0 Å². The number of nitro groups is 1. The van der Waals surface area contributed by atoms with Crippen molar-refractivity contribution < 1.29 is 13.3 Å². The fraction of sp³-hybridized carbons (Fsp3) is 0. The van der Waals surface area contributed by atoms with Crippen molar-refractivity contribution in [2.45, 2.75) is 5.03 Å². The maximum atomic E-state index is 11.9. The van der Waals surface area contributed by atoms with Crippen LogP contribution in [0.1, 0.15) is 0 Å². The first-order valence-electron chi connectivity index (χ1n) is 4.72. The highest BCUT2D eigenvalue weighted by Crippen LogP contribution is 2.25. The van der Waals surface area contributed by atoms with E-state index in [0.29, 0.717) is 0 Å². The second kappa shape index (κ2) is 4.82. The molecule has 0 aliphatic carbocycles. The summed E-state index contributed by atoms with van der Waals surface area (Å²) in [5, 5.41) is 10.5. The first kappa shape index (κ1) is 13.2. The van der Waals surface area contributed by atoms with Crippen LogP contribution in [0.5, 0.6) is 0 Å². The molecule has 2 aromatic heterocycles. The van der Waals surface area contributed by atoms with Crippen molar-refractivity contribution in [2.24, 2.45) is 0 Å². The molecule has 2 heterocycles. The third-order valence-electron chi connectivity index (χ3n) is 2.03. The molecule has 11 heteroatoms. The molecule has 0 aromatic carbocycles. The number of H-pyrrole nitrogens is 1. The van der Waals surface area contributed by atoms with Crippen LogP contribution in [-0.4, -0.2) is 28.3 Å². The summed E-state index contributed by atoms with van der Waals surface area (Å²) in [6, 6.07) is 2.24. The zero-order valence-corrected chi connectivity index (χ0v) is 10.6. The minimum Gasteiger partial charge on any atom is -0.334 e. The molecular weight excluding hydrogens is 298 g/mol. The fourth-order valence-corrected chi connectivity index (χ4v) is 2.29. The number of imidazole rings is 1. The molecule has 0 saturated carbocycles. The third kappa shape index (κ3) is 2.80. The number of sulfonamides is 1. The highest BCUT2D eigenvalue weighted by atomic mass is 35.5. The van der Waals surface area contributed by atoms with Gasteiger partial charge in [-0.1, -0.05) is 11.6 Å². The number of halogens is 1. The fourth-order valence-electron chi connectivity index (χ4n) is 1.22. The number of aromatic amines is 1. The molecule has 0 spiro atoms. The van der Waals surface area contributed by atoms with Crippen LogP contribution in [0.15, 0.2) is 29.7 Å². The summed E-state index contributed by atoms with van der Waals surface area (Å²) in [5.41, 5.74) is -0.507. The highest BCUT2D eigenvalue weighted by Gasteiger charge is 2.23. The monoisotopic (exact) mass is 303 g/mol. The Labute approximate surface area is 111 Å². The molecule has 100 valence electrons. The van der Waals surface area contributed by atoms with Crippen molar-refractivity contribution in [2.75, 3.05) is 4.72 Å². The van der Waals surface area contributed by atoms with Crippen molar-refractivity contribution in [3.05, 3.63) is 39.9 Å². The van der Waals surface area contributed by atoms with Crippen LogP contribution >= 0.6 is 11.6 Å². The molecule has 2 aromatic rings. The maximum absolute atomic E-state index is 11.9. The number of pyridine rings is 1. The van der Waals surface area contributed by atoms with Crippen LogP contribution in [0, 0.1) is 10.1 Å². The Morgan fingerprint density at radius 1 is 1.42 bits per heavy atom. The molecule has 0 amide bonds. The summed E-state index contributed by atoms with van der Waals surface area (Å²) in [5.74, 6) is -0.466. The van der Waals surface area contributed by atoms with Crippen LogP contribution in [0.25, 0.3) is 0 Å². The zero-order valence-electron chi connectivity index (χ0n) is 9.07. The lowest BCUT2D eigenvalue weighted by Gasteiger charge is -2.05. The molecule has 0 aliphatic rings. The van der Waals surface area contributed by atoms with E-state index < -0.39 is 26.5 Å². The molecule has 9 nitrogen and oxygen atoms in total. The van der Waals surface area contributed by atoms with E-state index in [1.165, 1.54) is 6.07 Å². The Morgan fingerprint density at radius 3 is 2.74 bits per heavy atom. The SMILES string of the molecule is O=[N+]([O-])c1ccc(Cl)nc1NS(=O)(=O)c1cnc[nH]1. The standard InChI is InChI=1S/C8H6ClN5O4S/c9-6-2-1-5(14(15)16)8(12-6)13-19(17,18)7-3-10-4-11-7/h1-4H,(H,10,11)(H,12,13). The Kier molecular flexibility index (Phi) is 3.36. The van der Waals surface area contributed by atoms with E-state index >= 15 is 0 Å². The summed E-state index contributed by atoms with van der Waals surface area (Å²) in [4.78, 5) is 19.5. The minimum atomic E-state index is -4.04. The molecule has 0 bridgehead atoms. The average Bonchev–Trinajstić information content (AvgIpc) is 2.81. The number of nitrogens with one attached hydrogen (secondary N) is 2. The summed E-state index contributed by atoms with van der Waals surface area (Å²) in [7, 11) is -4.04. The molecule has 0 fully saturated rings. The van der Waals surface area contributed by atoms with Crippen molar-refractivity contribution in [1.82, 2.24) is 15.0 Å². The van der Waals surface area contributed by atoms with Gasteiger partial charge in [0, 0.05) is 6.07 Å². The van der Waals surface area contributed by atoms with E-state index in [9.17, 15) is 18.5 Å². The van der Waals surface area contributed by atoms with Gasteiger partial charge in [-0.05, 0) is 6.07 Å². The molecule has 0 unspecified atom stereocenters. The zero-order chi connectivity index (χ0) is 14.0. The Hall–Kier alpha value is -2.20. The maximum Gasteiger partial charge on any atom is 0.312 e. The lowest BCUT2D eigenvalue weighted by molar-refractivity contribution is -0.384. The van der Waals surface area contributed by atoms with Crippen molar-refractivity contribution in [3.8, 4) is 0 Å². The molecular formula is C8H6ClN5O4S. The third-order valence-corrected chi connectivity index (χ3v) is 3.51. The van der Waals surface area contributed by atoms with Gasteiger partial charge < -0.3 is 4.98 Å². The van der Waals surface area contributed by atoms with Gasteiger partial charge in [-0.25, -0.2) is 9.97 Å². The summed E-state index contributed by atoms with van der Waals surface area (Å²) < 4.78 is 25.7. The number of nitrogens with zero attached hydrogens (tertiary/aromatic N) is 3. The molecule has 0 radical (unpaired) electrons. The van der Waals surface area contributed by atoms with E-state index in [1.807, 2.05) is 4.72 Å². The molecule has 0 aliphatic heterocycles. The number of hydrogen-bond acceptors (Lipinski definition) is 6. The summed E-state index contributed by atoms with van der Waals surface area (Å²) >= 11 is 5.59. The number of aromatic nitrogens is 3. The van der Waals surface area contributed by atoms with E-state index in [4.69, 9.17) is 11.6 Å². The first-order valence-corrected chi connectivity index (χ1v) is 6.58. The number of rotatable bonds is 4. The second-order valence-electron chi connectivity index (χ2n) is 3.28. The van der Waals surface area contributed by atoms with Crippen molar-refractivity contribution in [1.29, 1.82) is 0 Å². The molecule has 2 rings (SSSR count). The van der Waals surface area contributed by atoms with Gasteiger partial charge in [-0.2, -0.15) is 8.42 Å². The number of anilines is 1. The van der Waals surface area contributed by atoms with Crippen LogP contribution in [0.4, 0.5) is 11.5 Å². The van der Waals surface area contributed by atoms with Gasteiger partial charge in [0.1, 0.15) is 5.15 Å². The second-order valence-corrected chi connectivity index (χ2v) is 5.32. The van der Waals surface area contributed by atoms with Crippen molar-refractivity contribution in [3.63, 3.8) is 0 Å². The van der Waals surface area contributed by atoms with Gasteiger partial charge in [0.05, 0.1) is 17.4 Å². The van der Waals surface area contributed by atoms with Gasteiger partial charge in [-0.15, -0.1) is 0 Å². The molecule has 0 saturated heterocycles. The highest BCUT2D eigenvalue weighted by molar-refractivity contribution is 7.92. The lowest BCUT2D eigenvalue weighted by Crippen LogP contribution is -2.15. The van der Waals surface area contributed by atoms with Gasteiger partial charge in [0.25, 0.3) is 10.0 Å². The smallest absolute Gasteiger partial charge is 0.312 e. The predicted molar refractivity (Wildman–Crippen MR) is 65.3 cm³/mol. The summed E-state index contributed by atoms with van der Waals surface area (Å²) in [6.45, 7) is 0. The van der Waals surface area contributed by atoms with E-state index in [-0.39, 0.29) is 10.2 Å². The van der Waals surface area contributed by atoms with E-state index in [2.05, 4.69) is 15.0 Å². The Morgan fingerprint density at radius 2 is 2.16 bits per heavy atom. The average molecular weight is 304 g/mol. The normalized spacial score (nSPS) is 11.2. The van der Waals surface area contributed by atoms with Crippen LogP contribution in [-0.2, 0) is 10.0 Å². The topological polar surface area (TPSA) is 131 Å². The van der Waals surface area contributed by atoms with Crippen LogP contribution < -0.4 is 4.72 Å². The molecule has 0 atom stereocenters. The van der Waals surface area contributed by atoms with Crippen LogP contribution in [0.3, 0.4) is 0 Å². The molecule has 19 heavy (non-hydrogen) atoms. The summed E-state index contributed by atoms with van der Waals surface area (Å²) in [6.07, 6.45) is 2.22. The Bertz CT molecular complexity index is 715. The first-order chi connectivity index (χ1) is 8.90. The predicted octanol–water partition coefficient (Wildman–Crippen LogP) is 1.17. The van der Waals surface area contributed by atoms with Gasteiger partial charge in [-0.3, -0.25) is 14.8 Å². The quantitative estimate of drug-likeness (QED) is 0.495. The number of hydrogen-bond donors (Lipinski definition) is 2. The largest absolute Gasteiger partial charge is 0.334 e. The lowest BCUT2D eigenvalue weighted by atomic mass is 10.4. The van der Waals surface area contributed by atoms with Gasteiger partial charge >= 0.3 is 5.69 Å². The molecule has 2 N–H and O–H groups in total. The minimum absolute atomic E-state index is 0.0760. The van der Waals surface area contributed by atoms with Gasteiger partial charge in [0.15, 0.2) is 5.03 Å². The van der Waals surface area contributed by atoms with Gasteiger partial charge in [0.2, 0.25) is 5.82 Å². The van der Waals surface area contributed by atoms with Crippen LogP contribution in [0.2, 0.25) is 5.15 Å². The van der Waals surface area contributed by atoms with E-state index in [0.717, 1.165) is 18.6 Å². The Balaban J connectivity index is 2.44.